The van der Waals surface area contributed by atoms with Crippen molar-refractivity contribution in [2.75, 3.05) is 13.2 Å². The minimum atomic E-state index is -4.25. The molecule has 236 valence electrons. The van der Waals surface area contributed by atoms with E-state index in [2.05, 4.69) is 0 Å². The summed E-state index contributed by atoms with van der Waals surface area (Å²) in [5.41, 5.74) is 3.11. The van der Waals surface area contributed by atoms with Crippen LogP contribution in [0.4, 0.5) is 13.2 Å². The number of hydrogen-bond donors (Lipinski definition) is 0. The number of allylic oxidation sites excluding steroid dienone is 1. The van der Waals surface area contributed by atoms with Gasteiger partial charge in [0.15, 0.2) is 0 Å². The number of carbonyl (C=O) groups is 2. The normalized spacial score (nSPS) is 17.5. The Morgan fingerprint density at radius 1 is 0.886 bits per heavy atom. The molecule has 0 saturated heterocycles. The molecule has 0 aliphatic heterocycles. The van der Waals surface area contributed by atoms with Crippen LogP contribution in [0.15, 0.2) is 36.4 Å². The van der Waals surface area contributed by atoms with E-state index >= 15 is 0 Å². The number of rotatable bonds is 9. The summed E-state index contributed by atoms with van der Waals surface area (Å²) >= 11 is 0. The highest BCUT2D eigenvalue weighted by Crippen LogP contribution is 2.43. The van der Waals surface area contributed by atoms with Gasteiger partial charge in [-0.25, -0.2) is 14.6 Å². The molecule has 1 aliphatic carbocycles. The van der Waals surface area contributed by atoms with E-state index in [9.17, 15) is 22.8 Å². The van der Waals surface area contributed by atoms with Gasteiger partial charge in [-0.15, -0.1) is 0 Å². The standard InChI is InChI=1S/C35H41F3N2O4/c1-7-43-33(41)28-27(29(34(42)44-8-2)31(21(5)6)40-30(28)20(3)4)26-19-18-24-14-11-13-23(32(24)39-26)17-16-22-12-9-10-15-25(22)35(36,37)38/h11,13-14,16-22,25H,7-10,12,15H2,1-6H3. The monoisotopic (exact) mass is 610 g/mol. The lowest BCUT2D eigenvalue weighted by molar-refractivity contribution is -0.191. The fourth-order valence-electron chi connectivity index (χ4n) is 6.00. The average Bonchev–Trinajstić information content (AvgIpc) is 2.98. The van der Waals surface area contributed by atoms with Gasteiger partial charge in [0.1, 0.15) is 0 Å². The maximum atomic E-state index is 13.8. The lowest BCUT2D eigenvalue weighted by Crippen LogP contribution is -2.31. The van der Waals surface area contributed by atoms with E-state index in [1.807, 2.05) is 52.0 Å². The molecule has 0 radical (unpaired) electrons. The first-order chi connectivity index (χ1) is 20.9. The van der Waals surface area contributed by atoms with E-state index in [0.717, 1.165) is 11.8 Å². The highest BCUT2D eigenvalue weighted by atomic mass is 19.4. The quantitative estimate of drug-likeness (QED) is 0.225. The molecule has 3 aromatic rings. The molecule has 1 aliphatic rings. The summed E-state index contributed by atoms with van der Waals surface area (Å²) in [4.78, 5) is 36.9. The molecule has 0 N–H and O–H groups in total. The number of alkyl halides is 3. The van der Waals surface area contributed by atoms with Gasteiger partial charge in [0.2, 0.25) is 0 Å². The van der Waals surface area contributed by atoms with E-state index in [-0.39, 0.29) is 48.2 Å². The topological polar surface area (TPSA) is 78.4 Å². The number of benzene rings is 1. The summed E-state index contributed by atoms with van der Waals surface area (Å²) in [7, 11) is 0. The second-order valence-electron chi connectivity index (χ2n) is 11.8. The number of halogens is 3. The lowest BCUT2D eigenvalue weighted by atomic mass is 9.78. The van der Waals surface area contributed by atoms with E-state index in [4.69, 9.17) is 19.4 Å². The number of ether oxygens (including phenoxy) is 2. The molecular weight excluding hydrogens is 569 g/mol. The summed E-state index contributed by atoms with van der Waals surface area (Å²) in [5, 5.41) is 0.768. The number of esters is 2. The Morgan fingerprint density at radius 3 is 2.02 bits per heavy atom. The second kappa shape index (κ2) is 13.9. The third-order valence-corrected chi connectivity index (χ3v) is 8.08. The highest BCUT2D eigenvalue weighted by molar-refractivity contribution is 6.07. The molecule has 1 aromatic carbocycles. The maximum absolute atomic E-state index is 13.8. The zero-order valence-corrected chi connectivity index (χ0v) is 26.3. The zero-order chi connectivity index (χ0) is 32.2. The molecule has 0 bridgehead atoms. The predicted molar refractivity (Wildman–Crippen MR) is 166 cm³/mol. The van der Waals surface area contributed by atoms with Crippen molar-refractivity contribution in [3.63, 3.8) is 0 Å². The van der Waals surface area contributed by atoms with Crippen LogP contribution < -0.4 is 0 Å². The number of para-hydroxylation sites is 1. The van der Waals surface area contributed by atoms with Gasteiger partial charge >= 0.3 is 18.1 Å². The van der Waals surface area contributed by atoms with Gasteiger partial charge in [0.05, 0.1) is 52.9 Å². The van der Waals surface area contributed by atoms with Gasteiger partial charge in [0, 0.05) is 16.5 Å². The molecule has 0 spiro atoms. The Morgan fingerprint density at radius 2 is 1.48 bits per heavy atom. The van der Waals surface area contributed by atoms with Crippen molar-refractivity contribution in [2.45, 2.75) is 85.2 Å². The van der Waals surface area contributed by atoms with Gasteiger partial charge in [-0.3, -0.25) is 4.98 Å². The minimum Gasteiger partial charge on any atom is -0.462 e. The van der Waals surface area contributed by atoms with Crippen molar-refractivity contribution in [3.8, 4) is 11.3 Å². The Hall–Kier alpha value is -3.75. The van der Waals surface area contributed by atoms with Crippen LogP contribution in [0.2, 0.25) is 0 Å². The zero-order valence-electron chi connectivity index (χ0n) is 26.3. The van der Waals surface area contributed by atoms with Crippen LogP contribution in [0.25, 0.3) is 28.2 Å². The Labute approximate surface area is 257 Å². The summed E-state index contributed by atoms with van der Waals surface area (Å²) in [6.07, 6.45) is 1.06. The van der Waals surface area contributed by atoms with Crippen LogP contribution in [0, 0.1) is 11.8 Å². The third kappa shape index (κ3) is 6.97. The third-order valence-electron chi connectivity index (χ3n) is 8.08. The van der Waals surface area contributed by atoms with Crippen LogP contribution >= 0.6 is 0 Å². The number of aromatic nitrogens is 2. The molecule has 0 amide bonds. The summed E-state index contributed by atoms with van der Waals surface area (Å²) in [6, 6.07) is 9.09. The Balaban J connectivity index is 1.99. The van der Waals surface area contributed by atoms with E-state index in [1.54, 1.807) is 32.1 Å². The first-order valence-electron chi connectivity index (χ1n) is 15.5. The molecule has 2 atom stereocenters. The number of carbonyl (C=O) groups excluding carboxylic acids is 2. The number of pyridine rings is 2. The van der Waals surface area contributed by atoms with Crippen LogP contribution in [0.5, 0.6) is 0 Å². The number of fused-ring (bicyclic) bond motifs is 1. The molecule has 1 fully saturated rings. The van der Waals surface area contributed by atoms with Gasteiger partial charge in [-0.1, -0.05) is 77.0 Å². The summed E-state index contributed by atoms with van der Waals surface area (Å²) in [5.74, 6) is -3.59. The Bertz CT molecular complexity index is 1500. The van der Waals surface area contributed by atoms with Crippen molar-refractivity contribution < 1.29 is 32.2 Å². The van der Waals surface area contributed by atoms with E-state index in [1.165, 1.54) is 0 Å². The molecule has 44 heavy (non-hydrogen) atoms. The number of nitrogens with zero attached hydrogens (tertiary/aromatic N) is 2. The molecule has 2 unspecified atom stereocenters. The van der Waals surface area contributed by atoms with Crippen LogP contribution in [0.3, 0.4) is 0 Å². The molecule has 4 rings (SSSR count). The summed E-state index contributed by atoms with van der Waals surface area (Å²) in [6.45, 7) is 11.3. The van der Waals surface area contributed by atoms with Crippen molar-refractivity contribution in [1.29, 1.82) is 0 Å². The van der Waals surface area contributed by atoms with Crippen molar-refractivity contribution in [1.82, 2.24) is 9.97 Å². The average molecular weight is 611 g/mol. The van der Waals surface area contributed by atoms with Crippen LogP contribution in [-0.2, 0) is 9.47 Å². The van der Waals surface area contributed by atoms with Crippen molar-refractivity contribution in [2.24, 2.45) is 11.8 Å². The fourth-order valence-corrected chi connectivity index (χ4v) is 6.00. The first-order valence-corrected chi connectivity index (χ1v) is 15.5. The second-order valence-corrected chi connectivity index (χ2v) is 11.8. The van der Waals surface area contributed by atoms with Gasteiger partial charge in [-0.05, 0) is 50.5 Å². The fraction of sp³-hybridized carbons (Fsp3) is 0.486. The predicted octanol–water partition coefficient (Wildman–Crippen LogP) is 9.28. The van der Waals surface area contributed by atoms with Crippen LogP contribution in [0.1, 0.15) is 117 Å². The lowest BCUT2D eigenvalue weighted by Gasteiger charge is -2.31. The SMILES string of the molecule is CCOC(=O)c1c(C(C)C)nc(C(C)C)c(C(=O)OCC)c1-c1ccc2cccc(C=CC3CCCCC3C(F)(F)F)c2n1. The molecule has 6 nitrogen and oxygen atoms in total. The van der Waals surface area contributed by atoms with Crippen LogP contribution in [-0.4, -0.2) is 41.3 Å². The minimum absolute atomic E-state index is 0.122. The number of hydrogen-bond acceptors (Lipinski definition) is 6. The smallest absolute Gasteiger partial charge is 0.392 e. The largest absolute Gasteiger partial charge is 0.462 e. The maximum Gasteiger partial charge on any atom is 0.392 e. The van der Waals surface area contributed by atoms with E-state index < -0.39 is 30.0 Å². The van der Waals surface area contributed by atoms with Gasteiger partial charge in [0.25, 0.3) is 0 Å². The van der Waals surface area contributed by atoms with Crippen molar-refractivity contribution >= 4 is 28.9 Å². The molecule has 1 saturated carbocycles. The van der Waals surface area contributed by atoms with Gasteiger partial charge < -0.3 is 9.47 Å². The Kier molecular flexibility index (Phi) is 10.5. The van der Waals surface area contributed by atoms with Crippen molar-refractivity contribution in [3.05, 3.63) is 64.5 Å². The molecule has 9 heteroatoms. The molecule has 2 aromatic heterocycles. The summed E-state index contributed by atoms with van der Waals surface area (Å²) < 4.78 is 52.3. The molecule has 2 heterocycles. The molecular formula is C35H41F3N2O4. The van der Waals surface area contributed by atoms with Gasteiger partial charge in [-0.2, -0.15) is 13.2 Å². The highest BCUT2D eigenvalue weighted by Gasteiger charge is 2.44. The first kappa shape index (κ1) is 33.1. The van der Waals surface area contributed by atoms with E-state index in [0.29, 0.717) is 41.0 Å².